The Morgan fingerprint density at radius 2 is 2.22 bits per heavy atom. The predicted octanol–water partition coefficient (Wildman–Crippen LogP) is 3.01. The highest BCUT2D eigenvalue weighted by molar-refractivity contribution is 7.99. The number of carbonyl (C=O) groups is 2. The largest absolute Gasteiger partial charge is 0.478 e. The molecule has 0 radical (unpaired) electrons. The molecule has 0 bridgehead atoms. The van der Waals surface area contributed by atoms with Gasteiger partial charge in [0.15, 0.2) is 11.9 Å². The Morgan fingerprint density at radius 1 is 1.48 bits per heavy atom. The molecule has 1 aliphatic heterocycles. The molecular formula is C17H24N2O3S. The molecule has 126 valence electrons. The van der Waals surface area contributed by atoms with E-state index < -0.39 is 6.10 Å². The van der Waals surface area contributed by atoms with Gasteiger partial charge in [0.25, 0.3) is 11.8 Å². The number of nitrogens with zero attached hydrogens (tertiary/aromatic N) is 1. The second-order valence-corrected chi connectivity index (χ2v) is 7.08. The number of rotatable bonds is 6. The summed E-state index contributed by atoms with van der Waals surface area (Å²) in [6, 6.07) is 5.40. The summed E-state index contributed by atoms with van der Waals surface area (Å²) in [5.74, 6) is 2.31. The molecule has 0 spiro atoms. The van der Waals surface area contributed by atoms with Crippen LogP contribution in [0.2, 0.25) is 0 Å². The first-order valence-corrected chi connectivity index (χ1v) is 9.06. The Kier molecular flexibility index (Phi) is 5.93. The molecule has 1 aromatic carbocycles. The summed E-state index contributed by atoms with van der Waals surface area (Å²) in [5, 5.41) is 2.78. The van der Waals surface area contributed by atoms with Crippen LogP contribution in [0.4, 0.5) is 5.69 Å². The second kappa shape index (κ2) is 7.73. The van der Waals surface area contributed by atoms with Crippen molar-refractivity contribution in [3.8, 4) is 5.75 Å². The van der Waals surface area contributed by atoms with Crippen LogP contribution >= 0.6 is 11.8 Å². The Bertz CT molecular complexity index is 591. The van der Waals surface area contributed by atoms with Crippen molar-refractivity contribution in [2.45, 2.75) is 39.3 Å². The second-order valence-electron chi connectivity index (χ2n) is 5.68. The molecule has 1 heterocycles. The summed E-state index contributed by atoms with van der Waals surface area (Å²) < 4.78 is 5.66. The topological polar surface area (TPSA) is 58.6 Å². The fourth-order valence-corrected chi connectivity index (χ4v) is 3.17. The molecule has 1 N–H and O–H groups in total. The van der Waals surface area contributed by atoms with E-state index in [2.05, 4.69) is 19.2 Å². The highest BCUT2D eigenvalue weighted by Crippen LogP contribution is 2.34. The molecule has 2 unspecified atom stereocenters. The Balaban J connectivity index is 2.17. The van der Waals surface area contributed by atoms with Crippen molar-refractivity contribution in [1.29, 1.82) is 0 Å². The number of nitrogens with one attached hydrogen (secondary N) is 1. The number of thioether (sulfide) groups is 1. The van der Waals surface area contributed by atoms with Crippen LogP contribution in [0, 0.1) is 0 Å². The standard InChI is InChI=1S/C17H24N2O3S/c1-5-23-10-9-11(2)19(4)17(21)13-7-6-8-14-15(13)22-12(3)16(20)18-14/h6-8,11-12H,5,9-10H2,1-4H3,(H,18,20). The lowest BCUT2D eigenvalue weighted by Gasteiger charge is -2.29. The first kappa shape index (κ1) is 17.7. The molecule has 2 atom stereocenters. The van der Waals surface area contributed by atoms with Crippen LogP contribution < -0.4 is 10.1 Å². The van der Waals surface area contributed by atoms with Gasteiger partial charge in [-0.1, -0.05) is 13.0 Å². The van der Waals surface area contributed by atoms with E-state index in [1.54, 1.807) is 30.0 Å². The summed E-state index contributed by atoms with van der Waals surface area (Å²) in [6.45, 7) is 5.86. The van der Waals surface area contributed by atoms with Gasteiger partial charge in [-0.3, -0.25) is 9.59 Å². The first-order valence-electron chi connectivity index (χ1n) is 7.91. The van der Waals surface area contributed by atoms with E-state index in [1.807, 2.05) is 18.8 Å². The molecule has 2 rings (SSSR count). The number of amides is 2. The minimum Gasteiger partial charge on any atom is -0.478 e. The number of hydrogen-bond donors (Lipinski definition) is 1. The third-order valence-corrected chi connectivity index (χ3v) is 4.97. The molecule has 0 aliphatic carbocycles. The number of carbonyl (C=O) groups excluding carboxylic acids is 2. The van der Waals surface area contributed by atoms with Crippen LogP contribution in [0.5, 0.6) is 5.75 Å². The van der Waals surface area contributed by atoms with Crippen molar-refractivity contribution in [3.63, 3.8) is 0 Å². The predicted molar refractivity (Wildman–Crippen MR) is 94.3 cm³/mol. The maximum absolute atomic E-state index is 12.8. The van der Waals surface area contributed by atoms with Crippen molar-refractivity contribution < 1.29 is 14.3 Å². The van der Waals surface area contributed by atoms with Gasteiger partial charge in [0, 0.05) is 13.1 Å². The van der Waals surface area contributed by atoms with Gasteiger partial charge in [0.1, 0.15) is 0 Å². The number of benzene rings is 1. The molecule has 2 amide bonds. The summed E-state index contributed by atoms with van der Waals surface area (Å²) in [5.41, 5.74) is 1.05. The summed E-state index contributed by atoms with van der Waals surface area (Å²) in [6.07, 6.45) is 0.351. The zero-order chi connectivity index (χ0) is 17.0. The molecule has 0 fully saturated rings. The molecule has 0 saturated heterocycles. The highest BCUT2D eigenvalue weighted by atomic mass is 32.2. The first-order chi connectivity index (χ1) is 11.0. The van der Waals surface area contributed by atoms with E-state index >= 15 is 0 Å². The van der Waals surface area contributed by atoms with Crippen molar-refractivity contribution >= 4 is 29.3 Å². The van der Waals surface area contributed by atoms with Gasteiger partial charge in [0.05, 0.1) is 11.3 Å². The van der Waals surface area contributed by atoms with Crippen LogP contribution in [0.3, 0.4) is 0 Å². The molecule has 1 aliphatic rings. The third-order valence-electron chi connectivity index (χ3n) is 4.03. The lowest BCUT2D eigenvalue weighted by atomic mass is 10.1. The van der Waals surface area contributed by atoms with Gasteiger partial charge in [0.2, 0.25) is 0 Å². The van der Waals surface area contributed by atoms with Crippen molar-refractivity contribution in [2.24, 2.45) is 0 Å². The number of anilines is 1. The van der Waals surface area contributed by atoms with Crippen LogP contribution in [0.25, 0.3) is 0 Å². The minimum atomic E-state index is -0.597. The van der Waals surface area contributed by atoms with Crippen molar-refractivity contribution in [2.75, 3.05) is 23.9 Å². The number of fused-ring (bicyclic) bond motifs is 1. The lowest BCUT2D eigenvalue weighted by Crippen LogP contribution is -2.38. The Labute approximate surface area is 141 Å². The Morgan fingerprint density at radius 3 is 2.91 bits per heavy atom. The average Bonchev–Trinajstić information content (AvgIpc) is 2.54. The van der Waals surface area contributed by atoms with E-state index in [9.17, 15) is 9.59 Å². The number of hydrogen-bond acceptors (Lipinski definition) is 4. The van der Waals surface area contributed by atoms with Gasteiger partial charge in [-0.25, -0.2) is 0 Å². The number of ether oxygens (including phenoxy) is 1. The van der Waals surface area contributed by atoms with Gasteiger partial charge in [-0.2, -0.15) is 11.8 Å². The van der Waals surface area contributed by atoms with E-state index in [4.69, 9.17) is 4.74 Å². The van der Waals surface area contributed by atoms with E-state index in [1.165, 1.54) is 0 Å². The maximum atomic E-state index is 12.8. The quantitative estimate of drug-likeness (QED) is 0.811. The van der Waals surface area contributed by atoms with Gasteiger partial charge >= 0.3 is 0 Å². The summed E-state index contributed by atoms with van der Waals surface area (Å²) in [7, 11) is 1.81. The van der Waals surface area contributed by atoms with Crippen LogP contribution in [0.15, 0.2) is 18.2 Å². The lowest BCUT2D eigenvalue weighted by molar-refractivity contribution is -0.122. The van der Waals surface area contributed by atoms with E-state index in [0.29, 0.717) is 17.0 Å². The smallest absolute Gasteiger partial charge is 0.265 e. The van der Waals surface area contributed by atoms with Crippen LogP contribution in [0.1, 0.15) is 37.6 Å². The fourth-order valence-electron chi connectivity index (χ4n) is 2.38. The molecule has 1 aromatic rings. The average molecular weight is 336 g/mol. The van der Waals surface area contributed by atoms with E-state index in [-0.39, 0.29) is 17.9 Å². The monoisotopic (exact) mass is 336 g/mol. The molecule has 5 nitrogen and oxygen atoms in total. The van der Waals surface area contributed by atoms with E-state index in [0.717, 1.165) is 17.9 Å². The molecular weight excluding hydrogens is 312 g/mol. The van der Waals surface area contributed by atoms with Gasteiger partial charge in [-0.15, -0.1) is 0 Å². The minimum absolute atomic E-state index is 0.0841. The summed E-state index contributed by atoms with van der Waals surface area (Å²) in [4.78, 5) is 26.2. The zero-order valence-corrected chi connectivity index (χ0v) is 14.9. The molecule has 0 saturated carbocycles. The molecule has 6 heteroatoms. The fraction of sp³-hybridized carbons (Fsp3) is 0.529. The Hall–Kier alpha value is -1.69. The van der Waals surface area contributed by atoms with Crippen molar-refractivity contribution in [3.05, 3.63) is 23.8 Å². The van der Waals surface area contributed by atoms with Crippen LogP contribution in [-0.4, -0.2) is 47.4 Å². The van der Waals surface area contributed by atoms with Crippen LogP contribution in [-0.2, 0) is 4.79 Å². The summed E-state index contributed by atoms with van der Waals surface area (Å²) >= 11 is 1.87. The molecule has 23 heavy (non-hydrogen) atoms. The van der Waals surface area contributed by atoms with Crippen molar-refractivity contribution in [1.82, 2.24) is 4.90 Å². The SMILES string of the molecule is CCSCCC(C)N(C)C(=O)c1cccc2c1OC(C)C(=O)N2. The third kappa shape index (κ3) is 3.99. The maximum Gasteiger partial charge on any atom is 0.265 e. The number of para-hydroxylation sites is 1. The van der Waals surface area contributed by atoms with Gasteiger partial charge < -0.3 is 15.0 Å². The normalized spacial score (nSPS) is 17.7. The molecule has 0 aromatic heterocycles. The zero-order valence-electron chi connectivity index (χ0n) is 14.1. The van der Waals surface area contributed by atoms with Gasteiger partial charge in [-0.05, 0) is 43.9 Å². The highest BCUT2D eigenvalue weighted by Gasteiger charge is 2.29.